The number of allylic oxidation sites excluding steroid dienone is 1. The first-order valence-corrected chi connectivity index (χ1v) is 20.2. The van der Waals surface area contributed by atoms with Crippen LogP contribution in [0.1, 0.15) is 85.1 Å². The Hall–Kier alpha value is -1.97. The quantitative estimate of drug-likeness (QED) is 0.0570. The molecule has 1 fully saturated rings. The molecule has 42 heavy (non-hydrogen) atoms. The van der Waals surface area contributed by atoms with Gasteiger partial charge >= 0.3 is 0 Å². The zero-order valence-electron chi connectivity index (χ0n) is 26.4. The summed E-state index contributed by atoms with van der Waals surface area (Å²) >= 11 is 4.16. The molecule has 0 saturated heterocycles. The fourth-order valence-corrected chi connectivity index (χ4v) is 7.72. The van der Waals surface area contributed by atoms with Crippen LogP contribution in [0.15, 0.2) is 55.9 Å². The number of aliphatic imine (C=N–C) groups is 3. The summed E-state index contributed by atoms with van der Waals surface area (Å²) in [7, 11) is 0. The molecule has 0 radical (unpaired) electrons. The molecule has 0 spiro atoms. The Morgan fingerprint density at radius 1 is 1.19 bits per heavy atom. The van der Waals surface area contributed by atoms with Gasteiger partial charge in [0.15, 0.2) is 5.82 Å². The topological polar surface area (TPSA) is 77.3 Å². The first-order chi connectivity index (χ1) is 20.4. The summed E-state index contributed by atoms with van der Waals surface area (Å²) in [4.78, 5) is 19.3. The average Bonchev–Trinajstić information content (AvgIpc) is 3.23. The number of aromatic nitrogens is 1. The molecular weight excluding hydrogens is 672 g/mol. The Kier molecular flexibility index (Phi) is 16.7. The molecule has 0 aliphatic heterocycles. The smallest absolute Gasteiger partial charge is 0.162 e. The number of amidine groups is 1. The van der Waals surface area contributed by atoms with E-state index in [2.05, 4.69) is 104 Å². The van der Waals surface area contributed by atoms with Gasteiger partial charge in [-0.05, 0) is 105 Å². The number of nitrogens with zero attached hydrogens (tertiary/aromatic N) is 5. The van der Waals surface area contributed by atoms with Crippen LogP contribution in [0.25, 0.3) is 0 Å². The minimum atomic E-state index is 0.502. The molecular formula is C32H49IN7PS. The highest BCUT2D eigenvalue weighted by Gasteiger charge is 2.21. The normalized spacial score (nSPS) is 17.7. The van der Waals surface area contributed by atoms with Crippen LogP contribution in [-0.4, -0.2) is 43.6 Å². The second-order valence-corrected chi connectivity index (χ2v) is 13.1. The molecule has 3 atom stereocenters. The zero-order chi connectivity index (χ0) is 31.1. The predicted molar refractivity (Wildman–Crippen MR) is 202 cm³/mol. The van der Waals surface area contributed by atoms with Crippen LogP contribution in [-0.2, 0) is 0 Å². The number of halogens is 1. The maximum atomic E-state index is 4.96. The van der Waals surface area contributed by atoms with Crippen molar-refractivity contribution in [1.29, 1.82) is 0 Å². The van der Waals surface area contributed by atoms with Crippen molar-refractivity contribution in [3.05, 3.63) is 41.6 Å². The molecule has 0 bridgehead atoms. The van der Waals surface area contributed by atoms with Crippen LogP contribution in [0.5, 0.6) is 0 Å². The van der Waals surface area contributed by atoms with Gasteiger partial charge in [0.05, 0.1) is 11.4 Å². The van der Waals surface area contributed by atoms with Gasteiger partial charge in [0.2, 0.25) is 0 Å². The number of hydrogen-bond acceptors (Lipinski definition) is 7. The van der Waals surface area contributed by atoms with Crippen molar-refractivity contribution in [3.8, 4) is 0 Å². The summed E-state index contributed by atoms with van der Waals surface area (Å²) in [6.45, 7) is 21.4. The summed E-state index contributed by atoms with van der Waals surface area (Å²) in [5.41, 5.74) is 4.86. The molecule has 3 rings (SSSR count). The highest BCUT2D eigenvalue weighted by Crippen LogP contribution is 2.45. The number of benzene rings is 1. The zero-order valence-corrected chi connectivity index (χ0v) is 30.4. The van der Waals surface area contributed by atoms with E-state index in [9.17, 15) is 0 Å². The predicted octanol–water partition coefficient (Wildman–Crippen LogP) is 10.8. The van der Waals surface area contributed by atoms with E-state index in [0.29, 0.717) is 30.5 Å². The third-order valence-electron chi connectivity index (χ3n) is 7.14. The van der Waals surface area contributed by atoms with Crippen LogP contribution >= 0.6 is 40.2 Å². The monoisotopic (exact) mass is 721 g/mol. The lowest BCUT2D eigenvalue weighted by atomic mass is 9.88. The first kappa shape index (κ1) is 36.2. The van der Waals surface area contributed by atoms with Crippen molar-refractivity contribution in [2.45, 2.75) is 84.5 Å². The van der Waals surface area contributed by atoms with Crippen molar-refractivity contribution in [2.75, 3.05) is 34.6 Å². The summed E-state index contributed by atoms with van der Waals surface area (Å²) in [6.07, 6.45) is 11.1. The van der Waals surface area contributed by atoms with Crippen molar-refractivity contribution >= 4 is 88.1 Å². The van der Waals surface area contributed by atoms with Gasteiger partial charge in [0.25, 0.3) is 0 Å². The van der Waals surface area contributed by atoms with Crippen molar-refractivity contribution < 1.29 is 0 Å². The van der Waals surface area contributed by atoms with Gasteiger partial charge < -0.3 is 15.3 Å². The number of nitrogens with one attached hydrogen (secondary N) is 2. The van der Waals surface area contributed by atoms with Crippen LogP contribution in [0.3, 0.4) is 0 Å². The summed E-state index contributed by atoms with van der Waals surface area (Å²) < 4.78 is 2.20. The number of pyridine rings is 1. The Balaban J connectivity index is 0.00000301. The third-order valence-corrected chi connectivity index (χ3v) is 10.4. The Bertz CT molecular complexity index is 1230. The van der Waals surface area contributed by atoms with Gasteiger partial charge in [-0.25, -0.2) is 4.98 Å². The standard InChI is InChI=1S/C30H43IN7PS.C2H6/c1-8-34-27(17-21(4)32-5)36-28-19-25(29(33-6)30(37-28)38(9-2)39-31)35-24-15-14-23(18-26(24)40-7)22-13-11-10-12-20(3)16-22;1-2/h14-15,17-20,22,39H,5-6,8-13,16H2,1-4,7H3,(H2,34,35,36,37);1-2H3/b21-17-;. The molecule has 3 unspecified atom stereocenters. The van der Waals surface area contributed by atoms with Crippen molar-refractivity contribution in [2.24, 2.45) is 20.9 Å². The largest absolute Gasteiger partial charge is 0.353 e. The molecule has 0 amide bonds. The molecule has 1 aromatic carbocycles. The molecule has 10 heteroatoms. The van der Waals surface area contributed by atoms with Gasteiger partial charge in [-0.3, -0.25) is 15.0 Å². The van der Waals surface area contributed by atoms with Crippen molar-refractivity contribution in [1.82, 2.24) is 4.98 Å². The van der Waals surface area contributed by atoms with Crippen LogP contribution < -0.4 is 15.3 Å². The van der Waals surface area contributed by atoms with Crippen molar-refractivity contribution in [3.63, 3.8) is 0 Å². The molecule has 2 aromatic rings. The van der Waals surface area contributed by atoms with Gasteiger partial charge in [-0.2, -0.15) is 0 Å². The third kappa shape index (κ3) is 10.3. The van der Waals surface area contributed by atoms with Gasteiger partial charge in [-0.15, -0.1) is 11.8 Å². The molecule has 1 aliphatic carbocycles. The minimum absolute atomic E-state index is 0.502. The number of rotatable bonds is 12. The van der Waals surface area contributed by atoms with E-state index in [1.807, 2.05) is 39.8 Å². The van der Waals surface area contributed by atoms with E-state index in [4.69, 9.17) is 4.98 Å². The second-order valence-electron chi connectivity index (χ2n) is 10.0. The first-order valence-electron chi connectivity index (χ1n) is 14.9. The second kappa shape index (κ2) is 19.3. The molecule has 2 N–H and O–H groups in total. The van der Waals surface area contributed by atoms with E-state index in [1.165, 1.54) is 42.6 Å². The van der Waals surface area contributed by atoms with E-state index in [1.54, 1.807) is 11.8 Å². The minimum Gasteiger partial charge on any atom is -0.353 e. The van der Waals surface area contributed by atoms with E-state index < -0.39 is 0 Å². The van der Waals surface area contributed by atoms with Crippen LogP contribution in [0.4, 0.5) is 28.7 Å². The number of hydrogen-bond donors (Lipinski definition) is 2. The Morgan fingerprint density at radius 3 is 2.55 bits per heavy atom. The van der Waals surface area contributed by atoms with E-state index in [-0.39, 0.29) is 0 Å². The van der Waals surface area contributed by atoms with Gasteiger partial charge in [-0.1, -0.05) is 46.1 Å². The molecule has 230 valence electrons. The Morgan fingerprint density at radius 2 is 1.93 bits per heavy atom. The highest BCUT2D eigenvalue weighted by atomic mass is 127. The molecule has 1 saturated carbocycles. The number of anilines is 4. The maximum Gasteiger partial charge on any atom is 0.162 e. The van der Waals surface area contributed by atoms with Crippen LogP contribution in [0.2, 0.25) is 0 Å². The average molecular weight is 722 g/mol. The summed E-state index contributed by atoms with van der Waals surface area (Å²) in [5.74, 6) is 3.56. The fraction of sp³-hybridized carbons (Fsp3) is 0.500. The summed E-state index contributed by atoms with van der Waals surface area (Å²) in [5, 5.41) is 7.09. The highest BCUT2D eigenvalue weighted by molar-refractivity contribution is 14.2. The van der Waals surface area contributed by atoms with E-state index >= 15 is 0 Å². The molecule has 7 nitrogen and oxygen atoms in total. The Labute approximate surface area is 273 Å². The van der Waals surface area contributed by atoms with Gasteiger partial charge in [0.1, 0.15) is 17.3 Å². The maximum absolute atomic E-state index is 4.96. The summed E-state index contributed by atoms with van der Waals surface area (Å²) in [6, 6.07) is 8.89. The lowest BCUT2D eigenvalue weighted by Gasteiger charge is -2.24. The fourth-order valence-electron chi connectivity index (χ4n) is 5.06. The van der Waals surface area contributed by atoms with E-state index in [0.717, 1.165) is 41.0 Å². The molecule has 1 aromatic heterocycles. The number of thioether (sulfide) groups is 1. The lowest BCUT2D eigenvalue weighted by Crippen LogP contribution is -2.16. The SMILES string of the molecule is C=N/C(C)=C\C(=NCC)Nc1cc(Nc2ccc(C3CCCCC(C)C3)cc2SC)c(N=C)c(N(CC)PI)n1.CC. The van der Waals surface area contributed by atoms with Crippen LogP contribution in [0, 0.1) is 5.92 Å². The van der Waals surface area contributed by atoms with Gasteiger partial charge in [0, 0.05) is 42.2 Å². The molecule has 1 aliphatic rings. The molecule has 1 heterocycles. The lowest BCUT2D eigenvalue weighted by molar-refractivity contribution is 0.471.